The van der Waals surface area contributed by atoms with Crippen molar-refractivity contribution in [3.8, 4) is 5.69 Å². The zero-order valence-electron chi connectivity index (χ0n) is 13.5. The van der Waals surface area contributed by atoms with E-state index in [1.807, 2.05) is 43.3 Å². The molecule has 0 radical (unpaired) electrons. The van der Waals surface area contributed by atoms with E-state index in [1.165, 1.54) is 11.4 Å². The summed E-state index contributed by atoms with van der Waals surface area (Å²) in [5.74, 6) is 0.409. The van der Waals surface area contributed by atoms with Gasteiger partial charge in [-0.2, -0.15) is 0 Å². The van der Waals surface area contributed by atoms with E-state index < -0.39 is 0 Å². The van der Waals surface area contributed by atoms with Crippen LogP contribution in [0.1, 0.15) is 27.3 Å². The first-order chi connectivity index (χ1) is 11.0. The predicted octanol–water partition coefficient (Wildman–Crippen LogP) is 4.05. The average molecular weight is 305 g/mol. The number of amides is 1. The van der Waals surface area contributed by atoms with Gasteiger partial charge in [-0.1, -0.05) is 0 Å². The van der Waals surface area contributed by atoms with Crippen molar-refractivity contribution in [1.82, 2.24) is 9.55 Å². The molecule has 1 N–H and O–H groups in total. The highest BCUT2D eigenvalue weighted by atomic mass is 16.1. The fourth-order valence-corrected chi connectivity index (χ4v) is 2.63. The van der Waals surface area contributed by atoms with Crippen LogP contribution in [0.15, 0.2) is 54.7 Å². The zero-order valence-corrected chi connectivity index (χ0v) is 13.5. The summed E-state index contributed by atoms with van der Waals surface area (Å²) in [7, 11) is 0. The van der Waals surface area contributed by atoms with E-state index >= 15 is 0 Å². The van der Waals surface area contributed by atoms with Gasteiger partial charge >= 0.3 is 0 Å². The van der Waals surface area contributed by atoms with Crippen LogP contribution < -0.4 is 5.32 Å². The van der Waals surface area contributed by atoms with Crippen molar-refractivity contribution in [2.75, 3.05) is 5.32 Å². The molecule has 0 aliphatic rings. The van der Waals surface area contributed by atoms with Gasteiger partial charge in [0.1, 0.15) is 5.82 Å². The van der Waals surface area contributed by atoms with Crippen LogP contribution in [-0.2, 0) is 0 Å². The minimum atomic E-state index is -0.157. The SMILES string of the molecule is Cc1ccnc(NC(=O)c2ccc(-n3c(C)ccc3C)cc2)c1. The Labute approximate surface area is 135 Å². The highest BCUT2D eigenvalue weighted by molar-refractivity contribution is 6.03. The number of hydrogen-bond acceptors (Lipinski definition) is 2. The number of aromatic nitrogens is 2. The molecule has 0 saturated heterocycles. The Hall–Kier alpha value is -2.88. The van der Waals surface area contributed by atoms with Crippen LogP contribution in [0.5, 0.6) is 0 Å². The molecule has 0 bridgehead atoms. The van der Waals surface area contributed by atoms with E-state index in [1.54, 1.807) is 6.20 Å². The molecule has 0 aliphatic carbocycles. The number of nitrogens with zero attached hydrogens (tertiary/aromatic N) is 2. The summed E-state index contributed by atoms with van der Waals surface area (Å²) in [5.41, 5.74) is 5.06. The smallest absolute Gasteiger partial charge is 0.256 e. The zero-order chi connectivity index (χ0) is 16.4. The molecule has 4 heteroatoms. The third kappa shape index (κ3) is 3.16. The van der Waals surface area contributed by atoms with E-state index in [4.69, 9.17) is 0 Å². The Bertz CT molecular complexity index is 828. The maximum absolute atomic E-state index is 12.3. The molecule has 0 atom stereocenters. The third-order valence-electron chi connectivity index (χ3n) is 3.82. The van der Waals surface area contributed by atoms with Crippen LogP contribution in [0.3, 0.4) is 0 Å². The number of carbonyl (C=O) groups is 1. The second-order valence-electron chi connectivity index (χ2n) is 5.67. The number of benzene rings is 1. The normalized spacial score (nSPS) is 10.6. The van der Waals surface area contributed by atoms with Crippen LogP contribution in [0.25, 0.3) is 5.69 Å². The van der Waals surface area contributed by atoms with Gasteiger partial charge in [0.15, 0.2) is 0 Å². The highest BCUT2D eigenvalue weighted by Gasteiger charge is 2.09. The summed E-state index contributed by atoms with van der Waals surface area (Å²) in [6.07, 6.45) is 1.69. The van der Waals surface area contributed by atoms with E-state index in [9.17, 15) is 4.79 Å². The summed E-state index contributed by atoms with van der Waals surface area (Å²) in [5, 5.41) is 2.82. The number of rotatable bonds is 3. The Kier molecular flexibility index (Phi) is 3.98. The maximum Gasteiger partial charge on any atom is 0.256 e. The summed E-state index contributed by atoms with van der Waals surface area (Å²) < 4.78 is 2.16. The first kappa shape index (κ1) is 15.0. The third-order valence-corrected chi connectivity index (χ3v) is 3.82. The maximum atomic E-state index is 12.3. The number of anilines is 1. The molecule has 116 valence electrons. The Morgan fingerprint density at radius 2 is 1.61 bits per heavy atom. The first-order valence-electron chi connectivity index (χ1n) is 7.54. The lowest BCUT2D eigenvalue weighted by Crippen LogP contribution is -2.13. The molecule has 0 saturated carbocycles. The molecule has 2 heterocycles. The van der Waals surface area contributed by atoms with E-state index in [0.717, 1.165) is 11.3 Å². The van der Waals surface area contributed by atoms with Crippen molar-refractivity contribution in [3.63, 3.8) is 0 Å². The van der Waals surface area contributed by atoms with Crippen LogP contribution in [0, 0.1) is 20.8 Å². The van der Waals surface area contributed by atoms with Gasteiger partial charge in [-0.15, -0.1) is 0 Å². The van der Waals surface area contributed by atoms with E-state index in [-0.39, 0.29) is 5.91 Å². The summed E-state index contributed by atoms with van der Waals surface area (Å²) in [6, 6.07) is 15.5. The lowest BCUT2D eigenvalue weighted by atomic mass is 10.2. The van der Waals surface area contributed by atoms with Gasteiger partial charge in [0.2, 0.25) is 0 Å². The monoisotopic (exact) mass is 305 g/mol. The van der Waals surface area contributed by atoms with Crippen molar-refractivity contribution in [2.45, 2.75) is 20.8 Å². The summed E-state index contributed by atoms with van der Waals surface area (Å²) in [6.45, 7) is 6.10. The molecular formula is C19H19N3O. The van der Waals surface area contributed by atoms with E-state index in [0.29, 0.717) is 11.4 Å². The average Bonchev–Trinajstić information content (AvgIpc) is 2.86. The summed E-state index contributed by atoms with van der Waals surface area (Å²) >= 11 is 0. The fourth-order valence-electron chi connectivity index (χ4n) is 2.63. The van der Waals surface area contributed by atoms with Crippen LogP contribution in [0.2, 0.25) is 0 Å². The number of carbonyl (C=O) groups excluding carboxylic acids is 1. The fraction of sp³-hybridized carbons (Fsp3) is 0.158. The standard InChI is InChI=1S/C19H19N3O/c1-13-10-11-20-18(12-13)21-19(23)16-6-8-17(9-7-16)22-14(2)4-5-15(22)3/h4-12H,1-3H3,(H,20,21,23). The molecule has 4 nitrogen and oxygen atoms in total. The molecule has 23 heavy (non-hydrogen) atoms. The van der Waals surface area contributed by atoms with Gasteiger partial charge in [-0.05, 0) is 74.9 Å². The Morgan fingerprint density at radius 1 is 0.957 bits per heavy atom. The summed E-state index contributed by atoms with van der Waals surface area (Å²) in [4.78, 5) is 16.4. The molecule has 3 aromatic rings. The minimum absolute atomic E-state index is 0.157. The number of pyridine rings is 1. The van der Waals surface area contributed by atoms with Crippen molar-refractivity contribution >= 4 is 11.7 Å². The molecule has 1 amide bonds. The largest absolute Gasteiger partial charge is 0.319 e. The quantitative estimate of drug-likeness (QED) is 0.793. The van der Waals surface area contributed by atoms with Gasteiger partial charge in [0.05, 0.1) is 0 Å². The van der Waals surface area contributed by atoms with E-state index in [2.05, 4.69) is 40.8 Å². The molecule has 0 fully saturated rings. The lowest BCUT2D eigenvalue weighted by Gasteiger charge is -2.10. The number of hydrogen-bond donors (Lipinski definition) is 1. The molecule has 0 spiro atoms. The van der Waals surface area contributed by atoms with Crippen molar-refractivity contribution in [1.29, 1.82) is 0 Å². The predicted molar refractivity (Wildman–Crippen MR) is 92.2 cm³/mol. The van der Waals surface area contributed by atoms with Gasteiger partial charge in [-0.3, -0.25) is 4.79 Å². The van der Waals surface area contributed by atoms with Gasteiger partial charge in [0, 0.05) is 28.8 Å². The second-order valence-corrected chi connectivity index (χ2v) is 5.67. The number of aryl methyl sites for hydroxylation is 3. The first-order valence-corrected chi connectivity index (χ1v) is 7.54. The second kappa shape index (κ2) is 6.08. The topological polar surface area (TPSA) is 46.9 Å². The van der Waals surface area contributed by atoms with Crippen LogP contribution in [0.4, 0.5) is 5.82 Å². The van der Waals surface area contributed by atoms with Gasteiger partial charge in [0.25, 0.3) is 5.91 Å². The van der Waals surface area contributed by atoms with Crippen LogP contribution in [-0.4, -0.2) is 15.5 Å². The molecule has 0 unspecified atom stereocenters. The highest BCUT2D eigenvalue weighted by Crippen LogP contribution is 2.17. The molecule has 1 aromatic carbocycles. The van der Waals surface area contributed by atoms with Gasteiger partial charge < -0.3 is 9.88 Å². The minimum Gasteiger partial charge on any atom is -0.319 e. The van der Waals surface area contributed by atoms with Crippen molar-refractivity contribution in [3.05, 3.63) is 77.2 Å². The molecule has 3 rings (SSSR count). The lowest BCUT2D eigenvalue weighted by molar-refractivity contribution is 0.102. The number of nitrogens with one attached hydrogen (secondary N) is 1. The van der Waals surface area contributed by atoms with Crippen molar-refractivity contribution < 1.29 is 4.79 Å². The molecule has 2 aromatic heterocycles. The Balaban J connectivity index is 1.81. The van der Waals surface area contributed by atoms with Gasteiger partial charge in [-0.25, -0.2) is 4.98 Å². The molecule has 0 aliphatic heterocycles. The van der Waals surface area contributed by atoms with Crippen LogP contribution >= 0.6 is 0 Å². The van der Waals surface area contributed by atoms with Crippen molar-refractivity contribution in [2.24, 2.45) is 0 Å². The Morgan fingerprint density at radius 3 is 2.22 bits per heavy atom. The molecular weight excluding hydrogens is 286 g/mol.